The molecule has 0 fully saturated rings. The van der Waals surface area contributed by atoms with Crippen LogP contribution in [0.3, 0.4) is 0 Å². The van der Waals surface area contributed by atoms with E-state index in [4.69, 9.17) is 19.4 Å². The van der Waals surface area contributed by atoms with Gasteiger partial charge in [0.2, 0.25) is 0 Å². The average molecular weight is 792 g/mol. The van der Waals surface area contributed by atoms with Gasteiger partial charge in [-0.2, -0.15) is 0 Å². The lowest BCUT2D eigenvalue weighted by atomic mass is 9.67. The molecular formula is C58H37N3O. The first kappa shape index (κ1) is 35.7. The summed E-state index contributed by atoms with van der Waals surface area (Å²) in [5.41, 5.74) is 15.4. The Kier molecular flexibility index (Phi) is 8.36. The van der Waals surface area contributed by atoms with Crippen molar-refractivity contribution in [1.82, 2.24) is 15.0 Å². The maximum Gasteiger partial charge on any atom is 0.164 e. The number of furan rings is 1. The van der Waals surface area contributed by atoms with E-state index in [1.807, 2.05) is 24.3 Å². The quantitative estimate of drug-likeness (QED) is 0.161. The minimum absolute atomic E-state index is 0.562. The fraction of sp³-hybridized carbons (Fsp3) is 0.0172. The molecule has 0 spiro atoms. The third-order valence-corrected chi connectivity index (χ3v) is 12.4. The van der Waals surface area contributed by atoms with Crippen LogP contribution in [-0.4, -0.2) is 15.0 Å². The molecule has 0 radical (unpaired) electrons. The molecule has 11 aromatic rings. The Labute approximate surface area is 359 Å². The van der Waals surface area contributed by atoms with Gasteiger partial charge in [-0.1, -0.05) is 200 Å². The highest BCUT2D eigenvalue weighted by Crippen LogP contribution is 2.56. The smallest absolute Gasteiger partial charge is 0.164 e. The van der Waals surface area contributed by atoms with Crippen molar-refractivity contribution in [3.63, 3.8) is 0 Å². The molecule has 12 rings (SSSR count). The Hall–Kier alpha value is -8.21. The Morgan fingerprint density at radius 3 is 1.50 bits per heavy atom. The molecule has 0 N–H and O–H groups in total. The molecule has 9 aromatic carbocycles. The van der Waals surface area contributed by atoms with Crippen LogP contribution in [0.2, 0.25) is 0 Å². The number of benzene rings is 9. The first-order valence-corrected chi connectivity index (χ1v) is 21.0. The summed E-state index contributed by atoms with van der Waals surface area (Å²) in [6.45, 7) is 0. The minimum Gasteiger partial charge on any atom is -0.456 e. The Morgan fingerprint density at radius 2 is 0.806 bits per heavy atom. The van der Waals surface area contributed by atoms with E-state index >= 15 is 0 Å². The van der Waals surface area contributed by atoms with Crippen LogP contribution in [0.25, 0.3) is 89.5 Å². The van der Waals surface area contributed by atoms with Crippen LogP contribution in [-0.2, 0) is 5.41 Å². The number of rotatable bonds is 7. The molecule has 4 nitrogen and oxygen atoms in total. The zero-order valence-electron chi connectivity index (χ0n) is 33.6. The molecule has 2 aromatic heterocycles. The predicted octanol–water partition coefficient (Wildman–Crippen LogP) is 14.5. The summed E-state index contributed by atoms with van der Waals surface area (Å²) in [4.78, 5) is 15.9. The molecular weight excluding hydrogens is 755 g/mol. The topological polar surface area (TPSA) is 51.8 Å². The van der Waals surface area contributed by atoms with Crippen LogP contribution in [0.1, 0.15) is 22.3 Å². The Morgan fingerprint density at radius 1 is 0.306 bits per heavy atom. The first-order chi connectivity index (χ1) is 30.7. The standard InChI is InChI=1S/C58H37N3O/c1-5-17-38(18-6-1)39-29-31-41(32-30-39)55-59-56(61-57(60-55)43-35-49(40-19-7-2-8-20-40)54-48-26-14-16-28-52(48)62-53(54)37-43)42-33-34-47-46-25-13-15-27-50(46)58(51(47)36-42,44-21-9-3-10-22-44)45-23-11-4-12-24-45/h1-37H. The van der Waals surface area contributed by atoms with Gasteiger partial charge in [-0.25, -0.2) is 15.0 Å². The largest absolute Gasteiger partial charge is 0.456 e. The van der Waals surface area contributed by atoms with Crippen molar-refractivity contribution in [3.05, 3.63) is 247 Å². The summed E-state index contributed by atoms with van der Waals surface area (Å²) in [7, 11) is 0. The molecule has 0 aliphatic heterocycles. The normalized spacial score (nSPS) is 12.6. The highest BCUT2D eigenvalue weighted by atomic mass is 16.3. The second-order valence-corrected chi connectivity index (χ2v) is 15.9. The lowest BCUT2D eigenvalue weighted by molar-refractivity contribution is 0.669. The second kappa shape index (κ2) is 14.5. The summed E-state index contributed by atoms with van der Waals surface area (Å²) in [5.74, 6) is 1.76. The molecule has 0 saturated carbocycles. The highest BCUT2D eigenvalue weighted by Gasteiger charge is 2.46. The van der Waals surface area contributed by atoms with E-state index in [2.05, 4.69) is 200 Å². The van der Waals surface area contributed by atoms with E-state index in [0.29, 0.717) is 17.5 Å². The van der Waals surface area contributed by atoms with E-state index in [9.17, 15) is 0 Å². The zero-order valence-corrected chi connectivity index (χ0v) is 33.6. The molecule has 290 valence electrons. The van der Waals surface area contributed by atoms with Gasteiger partial charge in [0.05, 0.1) is 5.41 Å². The van der Waals surface area contributed by atoms with E-state index < -0.39 is 5.41 Å². The van der Waals surface area contributed by atoms with Crippen LogP contribution in [0, 0.1) is 0 Å². The van der Waals surface area contributed by atoms with Crippen LogP contribution in [0.4, 0.5) is 0 Å². The van der Waals surface area contributed by atoms with Crippen molar-refractivity contribution in [2.45, 2.75) is 5.41 Å². The fourth-order valence-corrected chi connectivity index (χ4v) is 9.62. The number of hydrogen-bond acceptors (Lipinski definition) is 4. The van der Waals surface area contributed by atoms with Crippen molar-refractivity contribution in [1.29, 1.82) is 0 Å². The summed E-state index contributed by atoms with van der Waals surface area (Å²) in [6.07, 6.45) is 0. The molecule has 1 aliphatic rings. The van der Waals surface area contributed by atoms with Gasteiger partial charge in [-0.05, 0) is 79.9 Å². The molecule has 0 saturated heterocycles. The molecule has 0 amide bonds. The minimum atomic E-state index is -0.562. The van der Waals surface area contributed by atoms with Gasteiger partial charge in [0.1, 0.15) is 11.2 Å². The van der Waals surface area contributed by atoms with Crippen molar-refractivity contribution in [2.75, 3.05) is 0 Å². The Bertz CT molecular complexity index is 3390. The van der Waals surface area contributed by atoms with Gasteiger partial charge in [0.15, 0.2) is 17.5 Å². The predicted molar refractivity (Wildman–Crippen MR) is 252 cm³/mol. The molecule has 1 aliphatic carbocycles. The van der Waals surface area contributed by atoms with Crippen molar-refractivity contribution in [2.24, 2.45) is 0 Å². The molecule has 0 unspecified atom stereocenters. The third-order valence-electron chi connectivity index (χ3n) is 12.4. The summed E-state index contributed by atoms with van der Waals surface area (Å²) in [6, 6.07) is 79.2. The van der Waals surface area contributed by atoms with Crippen molar-refractivity contribution >= 4 is 21.9 Å². The van der Waals surface area contributed by atoms with Crippen LogP contribution in [0.5, 0.6) is 0 Å². The van der Waals surface area contributed by atoms with Gasteiger partial charge in [-0.15, -0.1) is 0 Å². The molecule has 62 heavy (non-hydrogen) atoms. The average Bonchev–Trinajstić information content (AvgIpc) is 3.88. The van der Waals surface area contributed by atoms with Gasteiger partial charge in [0.25, 0.3) is 0 Å². The van der Waals surface area contributed by atoms with Crippen LogP contribution in [0.15, 0.2) is 229 Å². The molecule has 4 heteroatoms. The lowest BCUT2D eigenvalue weighted by Gasteiger charge is -2.34. The summed E-state index contributed by atoms with van der Waals surface area (Å²) < 4.78 is 6.58. The number of aromatic nitrogens is 3. The number of para-hydroxylation sites is 1. The number of fused-ring (bicyclic) bond motifs is 6. The molecule has 2 heterocycles. The maximum absolute atomic E-state index is 6.58. The highest BCUT2D eigenvalue weighted by molar-refractivity contribution is 6.13. The molecule has 0 atom stereocenters. The van der Waals surface area contributed by atoms with Crippen LogP contribution < -0.4 is 0 Å². The Balaban J connectivity index is 1.10. The zero-order chi connectivity index (χ0) is 41.0. The second-order valence-electron chi connectivity index (χ2n) is 15.9. The SMILES string of the molecule is c1ccc(-c2ccc(-c3nc(-c4ccc5c(c4)C(c4ccccc4)(c4ccccc4)c4ccccc4-5)nc(-c4cc(-c5ccccc5)c5c(c4)oc4ccccc45)n3)cc2)cc1. The third kappa shape index (κ3) is 5.72. The van der Waals surface area contributed by atoms with Crippen molar-refractivity contribution < 1.29 is 4.42 Å². The maximum atomic E-state index is 6.58. The lowest BCUT2D eigenvalue weighted by Crippen LogP contribution is -2.28. The van der Waals surface area contributed by atoms with Gasteiger partial charge in [0, 0.05) is 27.5 Å². The summed E-state index contributed by atoms with van der Waals surface area (Å²) in [5, 5.41) is 2.14. The van der Waals surface area contributed by atoms with E-state index in [-0.39, 0.29) is 0 Å². The van der Waals surface area contributed by atoms with Crippen molar-refractivity contribution in [3.8, 4) is 67.5 Å². The fourth-order valence-electron chi connectivity index (χ4n) is 9.62. The van der Waals surface area contributed by atoms with E-state index in [0.717, 1.165) is 60.9 Å². The first-order valence-electron chi connectivity index (χ1n) is 21.0. The van der Waals surface area contributed by atoms with E-state index in [1.165, 1.54) is 33.4 Å². The van der Waals surface area contributed by atoms with Crippen LogP contribution >= 0.6 is 0 Å². The number of nitrogens with zero attached hydrogens (tertiary/aromatic N) is 3. The van der Waals surface area contributed by atoms with E-state index in [1.54, 1.807) is 0 Å². The van der Waals surface area contributed by atoms with Gasteiger partial charge < -0.3 is 4.42 Å². The van der Waals surface area contributed by atoms with Gasteiger partial charge in [-0.3, -0.25) is 0 Å². The molecule has 0 bridgehead atoms. The van der Waals surface area contributed by atoms with Gasteiger partial charge >= 0.3 is 0 Å². The summed E-state index contributed by atoms with van der Waals surface area (Å²) >= 11 is 0. The number of hydrogen-bond donors (Lipinski definition) is 0. The monoisotopic (exact) mass is 791 g/mol.